The zero-order valence-electron chi connectivity index (χ0n) is 11.7. The molecule has 0 aliphatic carbocycles. The zero-order valence-corrected chi connectivity index (χ0v) is 12.5. The van der Waals surface area contributed by atoms with E-state index >= 15 is 0 Å². The highest BCUT2D eigenvalue weighted by Gasteiger charge is 2.16. The van der Waals surface area contributed by atoms with Crippen molar-refractivity contribution in [3.63, 3.8) is 0 Å². The van der Waals surface area contributed by atoms with E-state index in [1.165, 1.54) is 11.3 Å². The molecule has 2 rings (SSSR count). The summed E-state index contributed by atoms with van der Waals surface area (Å²) >= 11 is 1.49. The third-order valence-corrected chi connectivity index (χ3v) is 4.17. The fraction of sp³-hybridized carbons (Fsp3) is 0.333. The van der Waals surface area contributed by atoms with Crippen molar-refractivity contribution in [3.8, 4) is 0 Å². The second-order valence-electron chi connectivity index (χ2n) is 5.01. The van der Waals surface area contributed by atoms with E-state index in [1.54, 1.807) is 6.20 Å². The predicted octanol–water partition coefficient (Wildman–Crippen LogP) is 2.78. The van der Waals surface area contributed by atoms with E-state index in [0.717, 1.165) is 10.4 Å². The Morgan fingerprint density at radius 2 is 2.05 bits per heavy atom. The van der Waals surface area contributed by atoms with Gasteiger partial charge in [-0.05, 0) is 17.9 Å². The van der Waals surface area contributed by atoms with Crippen molar-refractivity contribution < 1.29 is 4.79 Å². The molecule has 1 aromatic heterocycles. The molecule has 0 fully saturated rings. The van der Waals surface area contributed by atoms with Gasteiger partial charge in [-0.15, -0.1) is 11.3 Å². The quantitative estimate of drug-likeness (QED) is 0.889. The fourth-order valence-electron chi connectivity index (χ4n) is 1.77. The summed E-state index contributed by atoms with van der Waals surface area (Å²) in [6, 6.07) is 9.19. The molecule has 0 aliphatic heterocycles. The van der Waals surface area contributed by atoms with Crippen molar-refractivity contribution >= 4 is 22.4 Å². The number of benzene rings is 1. The van der Waals surface area contributed by atoms with Crippen molar-refractivity contribution in [2.24, 2.45) is 5.73 Å². The lowest BCUT2D eigenvalue weighted by atomic mass is 10.1. The molecular formula is C15H19N3OS. The summed E-state index contributed by atoms with van der Waals surface area (Å²) in [4.78, 5) is 17.4. The highest BCUT2D eigenvalue weighted by molar-refractivity contribution is 7.15. The van der Waals surface area contributed by atoms with Crippen molar-refractivity contribution in [2.75, 3.05) is 5.32 Å². The zero-order chi connectivity index (χ0) is 14.5. The Kier molecular flexibility index (Phi) is 4.87. The van der Waals surface area contributed by atoms with Gasteiger partial charge in [-0.2, -0.15) is 0 Å². The first-order chi connectivity index (χ1) is 9.56. The molecule has 20 heavy (non-hydrogen) atoms. The van der Waals surface area contributed by atoms with E-state index in [9.17, 15) is 4.79 Å². The van der Waals surface area contributed by atoms with Crippen LogP contribution in [0.3, 0.4) is 0 Å². The van der Waals surface area contributed by atoms with E-state index < -0.39 is 6.04 Å². The number of amides is 1. The Bertz CT molecular complexity index is 566. The predicted molar refractivity (Wildman–Crippen MR) is 83.0 cm³/mol. The largest absolute Gasteiger partial charge is 0.320 e. The summed E-state index contributed by atoms with van der Waals surface area (Å²) < 4.78 is 0. The Hall–Kier alpha value is -1.72. The maximum Gasteiger partial charge on any atom is 0.243 e. The number of carbonyl (C=O) groups is 1. The standard InChI is InChI=1S/C15H19N3OS/c1-10(2)13-9-17-15(20-13)18-14(19)12(16)8-11-6-4-3-5-7-11/h3-7,9-10,12H,8,16H2,1-2H3,(H,17,18,19)/t12-/m0/s1. The third kappa shape index (κ3) is 3.88. The van der Waals surface area contributed by atoms with Gasteiger partial charge in [-0.25, -0.2) is 4.98 Å². The summed E-state index contributed by atoms with van der Waals surface area (Å²) in [5, 5.41) is 3.39. The lowest BCUT2D eigenvalue weighted by Gasteiger charge is -2.10. The van der Waals surface area contributed by atoms with Crippen molar-refractivity contribution in [1.29, 1.82) is 0 Å². The first-order valence-corrected chi connectivity index (χ1v) is 7.44. The third-order valence-electron chi connectivity index (χ3n) is 2.96. The Balaban J connectivity index is 1.93. The van der Waals surface area contributed by atoms with Crippen molar-refractivity contribution in [2.45, 2.75) is 32.2 Å². The van der Waals surface area contributed by atoms with Crippen LogP contribution < -0.4 is 11.1 Å². The van der Waals surface area contributed by atoms with Gasteiger partial charge in [0.05, 0.1) is 6.04 Å². The number of hydrogen-bond acceptors (Lipinski definition) is 4. The highest BCUT2D eigenvalue weighted by Crippen LogP contribution is 2.25. The van der Waals surface area contributed by atoms with Crippen LogP contribution in [0.4, 0.5) is 5.13 Å². The van der Waals surface area contributed by atoms with Gasteiger partial charge in [0.1, 0.15) is 0 Å². The minimum absolute atomic E-state index is 0.196. The van der Waals surface area contributed by atoms with E-state index in [4.69, 9.17) is 5.73 Å². The summed E-state index contributed by atoms with van der Waals surface area (Å²) in [7, 11) is 0. The van der Waals surface area contributed by atoms with Crippen LogP contribution >= 0.6 is 11.3 Å². The molecule has 0 unspecified atom stereocenters. The molecule has 0 bridgehead atoms. The molecule has 0 saturated heterocycles. The SMILES string of the molecule is CC(C)c1cnc(NC(=O)[C@@H](N)Cc2ccccc2)s1. The Morgan fingerprint density at radius 3 is 2.65 bits per heavy atom. The summed E-state index contributed by atoms with van der Waals surface area (Å²) in [5.41, 5.74) is 6.98. The van der Waals surface area contributed by atoms with E-state index in [2.05, 4.69) is 24.1 Å². The number of nitrogens with one attached hydrogen (secondary N) is 1. The molecule has 0 aliphatic rings. The topological polar surface area (TPSA) is 68.0 Å². The van der Waals surface area contributed by atoms with Gasteiger partial charge in [-0.3, -0.25) is 4.79 Å². The highest BCUT2D eigenvalue weighted by atomic mass is 32.1. The number of thiazole rings is 1. The second kappa shape index (κ2) is 6.63. The van der Waals surface area contributed by atoms with Gasteiger partial charge in [0, 0.05) is 11.1 Å². The van der Waals surface area contributed by atoms with Crippen molar-refractivity contribution in [3.05, 3.63) is 47.0 Å². The maximum absolute atomic E-state index is 12.0. The van der Waals surface area contributed by atoms with Gasteiger partial charge in [0.2, 0.25) is 5.91 Å². The number of anilines is 1. The van der Waals surface area contributed by atoms with Gasteiger partial charge < -0.3 is 11.1 Å². The molecule has 0 saturated carbocycles. The van der Waals surface area contributed by atoms with E-state index in [0.29, 0.717) is 17.5 Å². The molecule has 106 valence electrons. The number of nitrogens with zero attached hydrogens (tertiary/aromatic N) is 1. The average Bonchev–Trinajstić information content (AvgIpc) is 2.88. The van der Waals surface area contributed by atoms with Crippen LogP contribution in [0, 0.1) is 0 Å². The Morgan fingerprint density at radius 1 is 1.35 bits per heavy atom. The molecule has 5 heteroatoms. The maximum atomic E-state index is 12.0. The van der Waals surface area contributed by atoms with Crippen LogP contribution in [0.2, 0.25) is 0 Å². The molecule has 0 radical (unpaired) electrons. The molecule has 1 heterocycles. The number of hydrogen-bond donors (Lipinski definition) is 2. The second-order valence-corrected chi connectivity index (χ2v) is 6.07. The van der Waals surface area contributed by atoms with Crippen LogP contribution in [-0.2, 0) is 11.2 Å². The van der Waals surface area contributed by atoms with Gasteiger partial charge in [-0.1, -0.05) is 44.2 Å². The van der Waals surface area contributed by atoms with Gasteiger partial charge >= 0.3 is 0 Å². The van der Waals surface area contributed by atoms with E-state index in [1.807, 2.05) is 30.3 Å². The minimum Gasteiger partial charge on any atom is -0.320 e. The summed E-state index contributed by atoms with van der Waals surface area (Å²) in [6.45, 7) is 4.19. The molecule has 0 spiro atoms. The van der Waals surface area contributed by atoms with Crippen LogP contribution in [0.15, 0.2) is 36.5 Å². The molecular weight excluding hydrogens is 270 g/mol. The molecule has 1 atom stereocenters. The first kappa shape index (κ1) is 14.7. The van der Waals surface area contributed by atoms with Gasteiger partial charge in [0.25, 0.3) is 0 Å². The van der Waals surface area contributed by atoms with E-state index in [-0.39, 0.29) is 5.91 Å². The molecule has 1 amide bonds. The van der Waals surface area contributed by atoms with Crippen LogP contribution in [-0.4, -0.2) is 16.9 Å². The summed E-state index contributed by atoms with van der Waals surface area (Å²) in [6.07, 6.45) is 2.32. The van der Waals surface area contributed by atoms with Crippen molar-refractivity contribution in [1.82, 2.24) is 4.98 Å². The molecule has 2 aromatic rings. The minimum atomic E-state index is -0.566. The van der Waals surface area contributed by atoms with Crippen LogP contribution in [0.25, 0.3) is 0 Å². The number of carbonyl (C=O) groups excluding carboxylic acids is 1. The molecule has 3 N–H and O–H groups in total. The monoisotopic (exact) mass is 289 g/mol. The lowest BCUT2D eigenvalue weighted by molar-refractivity contribution is -0.117. The molecule has 4 nitrogen and oxygen atoms in total. The number of nitrogens with two attached hydrogens (primary N) is 1. The van der Waals surface area contributed by atoms with Crippen LogP contribution in [0.5, 0.6) is 0 Å². The number of rotatable bonds is 5. The smallest absolute Gasteiger partial charge is 0.243 e. The van der Waals surface area contributed by atoms with Crippen LogP contribution in [0.1, 0.15) is 30.2 Å². The fourth-order valence-corrected chi connectivity index (χ4v) is 2.59. The summed E-state index contributed by atoms with van der Waals surface area (Å²) in [5.74, 6) is 0.217. The number of aromatic nitrogens is 1. The normalized spacial score (nSPS) is 12.4. The Labute approximate surface area is 123 Å². The molecule has 1 aromatic carbocycles. The van der Waals surface area contributed by atoms with Gasteiger partial charge in [0.15, 0.2) is 5.13 Å². The average molecular weight is 289 g/mol. The lowest BCUT2D eigenvalue weighted by Crippen LogP contribution is -2.37. The first-order valence-electron chi connectivity index (χ1n) is 6.62.